The van der Waals surface area contributed by atoms with Crippen LogP contribution < -0.4 is 4.90 Å². The number of ketones is 2. The maximum Gasteiger partial charge on any atom is 0.156 e. The van der Waals surface area contributed by atoms with Crippen LogP contribution in [-0.4, -0.2) is 24.7 Å². The molecular weight excluding hydrogens is 466 g/mol. The second-order valence-corrected chi connectivity index (χ2v) is 12.9. The number of fused-ring (bicyclic) bond motifs is 4. The van der Waals surface area contributed by atoms with Crippen molar-refractivity contribution in [2.75, 3.05) is 18.0 Å². The van der Waals surface area contributed by atoms with E-state index < -0.39 is 5.41 Å². The van der Waals surface area contributed by atoms with Gasteiger partial charge in [-0.15, -0.1) is 5.92 Å². The van der Waals surface area contributed by atoms with Crippen molar-refractivity contribution in [1.29, 1.82) is 0 Å². The van der Waals surface area contributed by atoms with Gasteiger partial charge in [0.05, 0.1) is 5.41 Å². The minimum atomic E-state index is -0.549. The predicted molar refractivity (Wildman–Crippen MR) is 154 cm³/mol. The van der Waals surface area contributed by atoms with Gasteiger partial charge in [0.15, 0.2) is 11.6 Å². The van der Waals surface area contributed by atoms with Crippen LogP contribution in [0.3, 0.4) is 0 Å². The number of nitrogens with zero attached hydrogens (tertiary/aromatic N) is 1. The zero-order valence-electron chi connectivity index (χ0n) is 23.7. The Morgan fingerprint density at radius 2 is 1.87 bits per heavy atom. The molecule has 1 heterocycles. The molecule has 1 unspecified atom stereocenters. The standard InChI is InChI=1S/C35H43NO2/c1-5-16-35(32(38)6-2)17-15-31-29-20-23(3)28-21-26(37)13-14-27(28)33(29)30(22-34(31,35)4)24-9-11-25(12-10-24)36-18-7-8-19-36/h9-12,21,23,29-31H,6-8,13-15,17-20,22H2,1-4H3/t23?,29-,30+,31-,34-,35+/m0/s1. The fraction of sp³-hybridized carbons (Fsp3) is 0.600. The van der Waals surface area contributed by atoms with E-state index in [1.807, 2.05) is 19.9 Å². The van der Waals surface area contributed by atoms with Gasteiger partial charge in [-0.05, 0) is 110 Å². The van der Waals surface area contributed by atoms with Crippen LogP contribution in [0.15, 0.2) is 47.1 Å². The number of hydrogen-bond acceptors (Lipinski definition) is 3. The second-order valence-electron chi connectivity index (χ2n) is 12.9. The summed E-state index contributed by atoms with van der Waals surface area (Å²) in [6.45, 7) is 11.0. The van der Waals surface area contributed by atoms with E-state index in [2.05, 4.69) is 54.9 Å². The lowest BCUT2D eigenvalue weighted by molar-refractivity contribution is -0.132. The molecule has 6 atom stereocenters. The lowest BCUT2D eigenvalue weighted by Crippen LogP contribution is -2.51. The molecule has 4 aliphatic carbocycles. The zero-order chi connectivity index (χ0) is 26.7. The molecule has 6 rings (SSSR count). The topological polar surface area (TPSA) is 37.4 Å². The molecule has 3 heteroatoms. The first-order valence-electron chi connectivity index (χ1n) is 15.1. The van der Waals surface area contributed by atoms with Gasteiger partial charge in [0.25, 0.3) is 0 Å². The quantitative estimate of drug-likeness (QED) is 0.396. The summed E-state index contributed by atoms with van der Waals surface area (Å²) in [7, 11) is 0. The molecule has 2 saturated carbocycles. The van der Waals surface area contributed by atoms with Crippen LogP contribution >= 0.6 is 0 Å². The van der Waals surface area contributed by atoms with Crippen LogP contribution in [0.5, 0.6) is 0 Å². The van der Waals surface area contributed by atoms with Crippen LogP contribution in [0.2, 0.25) is 0 Å². The third-order valence-corrected chi connectivity index (χ3v) is 11.2. The number of carbonyl (C=O) groups is 2. The van der Waals surface area contributed by atoms with Crippen molar-refractivity contribution in [1.82, 2.24) is 0 Å². The van der Waals surface area contributed by atoms with Gasteiger partial charge in [0, 0.05) is 37.5 Å². The molecule has 5 aliphatic rings. The lowest BCUT2D eigenvalue weighted by atomic mass is 9.47. The molecule has 1 aromatic carbocycles. The maximum atomic E-state index is 13.7. The molecule has 200 valence electrons. The fourth-order valence-corrected chi connectivity index (χ4v) is 9.42. The van der Waals surface area contributed by atoms with E-state index in [0.29, 0.717) is 36.4 Å². The van der Waals surface area contributed by atoms with Gasteiger partial charge in [-0.25, -0.2) is 0 Å². The molecule has 0 amide bonds. The Balaban J connectivity index is 1.51. The third kappa shape index (κ3) is 3.70. The average molecular weight is 510 g/mol. The van der Waals surface area contributed by atoms with Crippen molar-refractivity contribution in [3.8, 4) is 11.8 Å². The normalized spacial score (nSPS) is 36.2. The van der Waals surface area contributed by atoms with Gasteiger partial charge in [-0.2, -0.15) is 0 Å². The van der Waals surface area contributed by atoms with Gasteiger partial charge >= 0.3 is 0 Å². The van der Waals surface area contributed by atoms with Gasteiger partial charge in [0.1, 0.15) is 0 Å². The molecule has 0 bridgehead atoms. The number of hydrogen-bond donors (Lipinski definition) is 0. The SMILES string of the molecule is CC#C[C@]1(C(=O)CC)CC[C@H]2[C@@H]3CC(C)C4=CC(=O)CCC4=C3[C@@H](c3ccc(N4CCCC4)cc3)C[C@@]21C. The van der Waals surface area contributed by atoms with Crippen molar-refractivity contribution in [3.63, 3.8) is 0 Å². The summed E-state index contributed by atoms with van der Waals surface area (Å²) in [5.41, 5.74) is 6.38. The number of Topliss-reactive ketones (excluding diaryl/α,β-unsaturated/α-hetero) is 1. The predicted octanol–water partition coefficient (Wildman–Crippen LogP) is 7.42. The Morgan fingerprint density at radius 3 is 2.55 bits per heavy atom. The van der Waals surface area contributed by atoms with Crippen molar-refractivity contribution < 1.29 is 9.59 Å². The van der Waals surface area contributed by atoms with E-state index in [0.717, 1.165) is 45.2 Å². The maximum absolute atomic E-state index is 13.7. The van der Waals surface area contributed by atoms with E-state index in [4.69, 9.17) is 0 Å². The minimum absolute atomic E-state index is 0.151. The van der Waals surface area contributed by atoms with Crippen LogP contribution in [-0.2, 0) is 9.59 Å². The van der Waals surface area contributed by atoms with Crippen LogP contribution in [0, 0.1) is 40.4 Å². The second kappa shape index (κ2) is 9.55. The molecule has 1 aliphatic heterocycles. The summed E-state index contributed by atoms with van der Waals surface area (Å²) in [4.78, 5) is 28.7. The van der Waals surface area contributed by atoms with Gasteiger partial charge in [-0.1, -0.05) is 44.4 Å². The third-order valence-electron chi connectivity index (χ3n) is 11.2. The molecule has 38 heavy (non-hydrogen) atoms. The van der Waals surface area contributed by atoms with Gasteiger partial charge in [0.2, 0.25) is 0 Å². The Labute approximate surface area is 229 Å². The molecule has 1 aromatic rings. The largest absolute Gasteiger partial charge is 0.372 e. The van der Waals surface area contributed by atoms with Crippen molar-refractivity contribution in [2.24, 2.45) is 28.6 Å². The minimum Gasteiger partial charge on any atom is -0.372 e. The van der Waals surface area contributed by atoms with E-state index in [1.165, 1.54) is 35.2 Å². The Bertz CT molecular complexity index is 1270. The van der Waals surface area contributed by atoms with Crippen LogP contribution in [0.25, 0.3) is 0 Å². The summed E-state index contributed by atoms with van der Waals surface area (Å²) in [6, 6.07) is 9.39. The van der Waals surface area contributed by atoms with E-state index in [1.54, 1.807) is 5.57 Å². The fourth-order valence-electron chi connectivity index (χ4n) is 9.42. The molecule has 0 aromatic heterocycles. The van der Waals surface area contributed by atoms with Crippen LogP contribution in [0.4, 0.5) is 5.69 Å². The van der Waals surface area contributed by atoms with Crippen molar-refractivity contribution in [2.45, 2.75) is 91.4 Å². The van der Waals surface area contributed by atoms with Crippen LogP contribution in [0.1, 0.15) is 97.0 Å². The number of carbonyl (C=O) groups excluding carboxylic acids is 2. The number of benzene rings is 1. The first-order chi connectivity index (χ1) is 18.3. The first-order valence-corrected chi connectivity index (χ1v) is 15.1. The monoisotopic (exact) mass is 509 g/mol. The highest BCUT2D eigenvalue weighted by Gasteiger charge is 2.65. The number of allylic oxidation sites excluding steroid dienone is 4. The molecule has 1 saturated heterocycles. The zero-order valence-corrected chi connectivity index (χ0v) is 23.7. The van der Waals surface area contributed by atoms with E-state index in [9.17, 15) is 9.59 Å². The Kier molecular flexibility index (Phi) is 6.45. The molecule has 3 nitrogen and oxygen atoms in total. The summed E-state index contributed by atoms with van der Waals surface area (Å²) >= 11 is 0. The van der Waals surface area contributed by atoms with E-state index >= 15 is 0 Å². The number of anilines is 1. The highest BCUT2D eigenvalue weighted by atomic mass is 16.1. The van der Waals surface area contributed by atoms with Gasteiger partial charge < -0.3 is 4.90 Å². The summed E-state index contributed by atoms with van der Waals surface area (Å²) < 4.78 is 0. The van der Waals surface area contributed by atoms with Gasteiger partial charge in [-0.3, -0.25) is 9.59 Å². The molecule has 0 N–H and O–H groups in total. The molecular formula is C35H43NO2. The molecule has 3 fully saturated rings. The average Bonchev–Trinajstić information content (AvgIpc) is 3.56. The Hall–Kier alpha value is -2.60. The first kappa shape index (κ1) is 25.7. The molecule has 0 radical (unpaired) electrons. The number of rotatable bonds is 4. The molecule has 0 spiro atoms. The van der Waals surface area contributed by atoms with E-state index in [-0.39, 0.29) is 17.1 Å². The highest BCUT2D eigenvalue weighted by molar-refractivity contribution is 5.93. The summed E-state index contributed by atoms with van der Waals surface area (Å²) in [5.74, 6) is 8.97. The van der Waals surface area contributed by atoms with Crippen molar-refractivity contribution >= 4 is 17.3 Å². The Morgan fingerprint density at radius 1 is 1.13 bits per heavy atom. The van der Waals surface area contributed by atoms with Crippen molar-refractivity contribution in [3.05, 3.63) is 52.6 Å². The highest BCUT2D eigenvalue weighted by Crippen LogP contribution is 2.70. The lowest BCUT2D eigenvalue weighted by Gasteiger charge is -2.55. The smallest absolute Gasteiger partial charge is 0.156 e. The summed E-state index contributed by atoms with van der Waals surface area (Å²) in [6.07, 6.45) is 10.6. The summed E-state index contributed by atoms with van der Waals surface area (Å²) in [5, 5.41) is 0.